The van der Waals surface area contributed by atoms with Gasteiger partial charge in [-0.25, -0.2) is 9.78 Å². The molecule has 0 saturated carbocycles. The average Bonchev–Trinajstić information content (AvgIpc) is 2.54. The van der Waals surface area contributed by atoms with Gasteiger partial charge in [-0.2, -0.15) is 0 Å². The van der Waals surface area contributed by atoms with Gasteiger partial charge in [0, 0.05) is 18.5 Å². The number of fused-ring (bicyclic) bond motifs is 1. The van der Waals surface area contributed by atoms with Crippen LogP contribution >= 0.6 is 11.8 Å². The normalized spacial score (nSPS) is 10.7. The lowest BCUT2D eigenvalue weighted by Gasteiger charge is -2.15. The molecule has 1 heterocycles. The fourth-order valence-corrected chi connectivity index (χ4v) is 2.84. The molecular formula is C16H21N3O2S. The number of carbonyl (C=O) groups is 1. The number of carbonyl (C=O) groups excluding carboxylic acids is 1. The molecule has 2 aromatic rings. The highest BCUT2D eigenvalue weighted by molar-refractivity contribution is 7.98. The number of nitrogens with zero attached hydrogens (tertiary/aromatic N) is 1. The van der Waals surface area contributed by atoms with Gasteiger partial charge in [0.2, 0.25) is 0 Å². The summed E-state index contributed by atoms with van der Waals surface area (Å²) in [5, 5.41) is 16.3. The molecule has 0 aliphatic rings. The number of hydrogen-bond acceptors (Lipinski definition) is 4. The number of amides is 2. The molecule has 1 aromatic carbocycles. The zero-order valence-electron chi connectivity index (χ0n) is 12.8. The van der Waals surface area contributed by atoms with E-state index in [-0.39, 0.29) is 12.6 Å². The Bertz CT molecular complexity index is 661. The van der Waals surface area contributed by atoms with E-state index >= 15 is 0 Å². The average molecular weight is 319 g/mol. The smallest absolute Gasteiger partial charge is 0.319 e. The van der Waals surface area contributed by atoms with Crippen molar-refractivity contribution in [3.63, 3.8) is 0 Å². The number of aliphatic hydroxyl groups excluding tert-OH is 1. The molecule has 22 heavy (non-hydrogen) atoms. The lowest BCUT2D eigenvalue weighted by Crippen LogP contribution is -2.30. The molecule has 118 valence electrons. The third-order valence-electron chi connectivity index (χ3n) is 3.42. The van der Waals surface area contributed by atoms with Crippen LogP contribution in [0.1, 0.15) is 18.4 Å². The lowest BCUT2D eigenvalue weighted by atomic mass is 10.1. The van der Waals surface area contributed by atoms with E-state index in [1.165, 1.54) is 11.8 Å². The minimum Gasteiger partial charge on any atom is -0.396 e. The maximum Gasteiger partial charge on any atom is 0.319 e. The monoisotopic (exact) mass is 319 g/mol. The summed E-state index contributed by atoms with van der Waals surface area (Å²) < 4.78 is 0. The Morgan fingerprint density at radius 3 is 2.82 bits per heavy atom. The van der Waals surface area contributed by atoms with E-state index in [1.807, 2.05) is 37.4 Å². The van der Waals surface area contributed by atoms with Crippen LogP contribution in [0.3, 0.4) is 0 Å². The third kappa shape index (κ3) is 3.90. The first-order valence-corrected chi connectivity index (χ1v) is 8.49. The van der Waals surface area contributed by atoms with E-state index in [2.05, 4.69) is 15.6 Å². The van der Waals surface area contributed by atoms with Gasteiger partial charge in [0.05, 0.1) is 11.2 Å². The molecule has 0 atom stereocenters. The number of rotatable bonds is 6. The van der Waals surface area contributed by atoms with Gasteiger partial charge in [-0.05, 0) is 37.7 Å². The van der Waals surface area contributed by atoms with Crippen LogP contribution in [0.4, 0.5) is 10.5 Å². The molecule has 5 nitrogen and oxygen atoms in total. The Kier molecular flexibility index (Phi) is 6.03. The topological polar surface area (TPSA) is 74.2 Å². The molecule has 0 spiro atoms. The summed E-state index contributed by atoms with van der Waals surface area (Å²) in [6, 6.07) is 7.66. The van der Waals surface area contributed by atoms with Gasteiger partial charge in [-0.15, -0.1) is 11.8 Å². The van der Waals surface area contributed by atoms with E-state index in [0.717, 1.165) is 33.6 Å². The van der Waals surface area contributed by atoms with Crippen LogP contribution in [0.25, 0.3) is 10.9 Å². The van der Waals surface area contributed by atoms with Crippen molar-refractivity contribution in [2.45, 2.75) is 24.8 Å². The zero-order valence-corrected chi connectivity index (χ0v) is 13.7. The van der Waals surface area contributed by atoms with E-state index < -0.39 is 0 Å². The van der Waals surface area contributed by atoms with Crippen LogP contribution in [0.15, 0.2) is 29.3 Å². The molecule has 0 radical (unpaired) electrons. The Labute approximate surface area is 134 Å². The zero-order chi connectivity index (χ0) is 15.9. The maximum absolute atomic E-state index is 12.0. The van der Waals surface area contributed by atoms with Crippen LogP contribution in [-0.4, -0.2) is 35.5 Å². The quantitative estimate of drug-likeness (QED) is 0.565. The van der Waals surface area contributed by atoms with Crippen LogP contribution in [0, 0.1) is 6.92 Å². The molecule has 0 unspecified atom stereocenters. The fourth-order valence-electron chi connectivity index (χ4n) is 2.24. The van der Waals surface area contributed by atoms with E-state index in [4.69, 9.17) is 5.11 Å². The van der Waals surface area contributed by atoms with Crippen LogP contribution in [0.5, 0.6) is 0 Å². The minimum absolute atomic E-state index is 0.146. The fraction of sp³-hybridized carbons (Fsp3) is 0.375. The maximum atomic E-state index is 12.0. The van der Waals surface area contributed by atoms with Crippen molar-refractivity contribution in [2.24, 2.45) is 0 Å². The standard InChI is InChI=1S/C16H21N3O2S/c1-11-12-7-3-4-8-13(12)18-15(22-2)14(11)19-16(21)17-9-5-6-10-20/h3-4,7-8,20H,5-6,9-10H2,1-2H3,(H2,17,19,21). The van der Waals surface area contributed by atoms with Crippen molar-refractivity contribution in [1.82, 2.24) is 10.3 Å². The molecule has 6 heteroatoms. The van der Waals surface area contributed by atoms with Crippen molar-refractivity contribution in [3.05, 3.63) is 29.8 Å². The van der Waals surface area contributed by atoms with Crippen LogP contribution in [-0.2, 0) is 0 Å². The van der Waals surface area contributed by atoms with Crippen LogP contribution in [0.2, 0.25) is 0 Å². The van der Waals surface area contributed by atoms with E-state index in [9.17, 15) is 4.79 Å². The summed E-state index contributed by atoms with van der Waals surface area (Å²) in [7, 11) is 0. The van der Waals surface area contributed by atoms with E-state index in [0.29, 0.717) is 13.0 Å². The number of hydrogen-bond donors (Lipinski definition) is 3. The Morgan fingerprint density at radius 2 is 2.09 bits per heavy atom. The van der Waals surface area contributed by atoms with Crippen molar-refractivity contribution in [2.75, 3.05) is 24.7 Å². The van der Waals surface area contributed by atoms with Gasteiger partial charge in [-0.3, -0.25) is 0 Å². The summed E-state index contributed by atoms with van der Waals surface area (Å²) in [5.74, 6) is 0. The second kappa shape index (κ2) is 8.00. The Morgan fingerprint density at radius 1 is 1.32 bits per heavy atom. The number of aryl methyl sites for hydroxylation is 1. The molecule has 0 fully saturated rings. The SMILES string of the molecule is CSc1nc2ccccc2c(C)c1NC(=O)NCCCCO. The van der Waals surface area contributed by atoms with Crippen molar-refractivity contribution < 1.29 is 9.90 Å². The van der Waals surface area contributed by atoms with Gasteiger partial charge in [-0.1, -0.05) is 18.2 Å². The van der Waals surface area contributed by atoms with Crippen molar-refractivity contribution in [1.29, 1.82) is 0 Å². The number of anilines is 1. The van der Waals surface area contributed by atoms with Gasteiger partial charge in [0.1, 0.15) is 5.03 Å². The molecule has 0 bridgehead atoms. The second-order valence-corrected chi connectivity index (χ2v) is 5.74. The highest BCUT2D eigenvalue weighted by Gasteiger charge is 2.13. The number of thioether (sulfide) groups is 1. The lowest BCUT2D eigenvalue weighted by molar-refractivity contribution is 0.250. The van der Waals surface area contributed by atoms with Gasteiger partial charge in [0.25, 0.3) is 0 Å². The van der Waals surface area contributed by atoms with Crippen molar-refractivity contribution >= 4 is 34.4 Å². The Balaban J connectivity index is 2.19. The summed E-state index contributed by atoms with van der Waals surface area (Å²) in [4.78, 5) is 16.6. The number of aliphatic hydroxyl groups is 1. The predicted molar refractivity (Wildman–Crippen MR) is 91.6 cm³/mol. The summed E-state index contributed by atoms with van der Waals surface area (Å²) >= 11 is 1.51. The number of benzene rings is 1. The number of aromatic nitrogens is 1. The number of para-hydroxylation sites is 1. The first-order chi connectivity index (χ1) is 10.7. The van der Waals surface area contributed by atoms with Crippen molar-refractivity contribution in [3.8, 4) is 0 Å². The molecule has 2 rings (SSSR count). The summed E-state index contributed by atoms with van der Waals surface area (Å²) in [5.41, 5.74) is 2.70. The molecule has 3 N–H and O–H groups in total. The number of urea groups is 1. The molecular weight excluding hydrogens is 298 g/mol. The molecule has 0 aliphatic carbocycles. The third-order valence-corrected chi connectivity index (χ3v) is 4.10. The predicted octanol–water partition coefficient (Wildman–Crippen LogP) is 3.16. The highest BCUT2D eigenvalue weighted by atomic mass is 32.2. The highest BCUT2D eigenvalue weighted by Crippen LogP contribution is 2.32. The Hall–Kier alpha value is -1.79. The molecule has 0 aliphatic heterocycles. The van der Waals surface area contributed by atoms with Crippen LogP contribution < -0.4 is 10.6 Å². The largest absolute Gasteiger partial charge is 0.396 e. The number of nitrogens with one attached hydrogen (secondary N) is 2. The first kappa shape index (κ1) is 16.6. The van der Waals surface area contributed by atoms with Gasteiger partial charge in [0.15, 0.2) is 0 Å². The molecule has 0 saturated heterocycles. The second-order valence-electron chi connectivity index (χ2n) is 4.95. The summed E-state index contributed by atoms with van der Waals surface area (Å²) in [6.45, 7) is 2.68. The number of unbranched alkanes of at least 4 members (excludes halogenated alkanes) is 1. The van der Waals surface area contributed by atoms with E-state index in [1.54, 1.807) is 0 Å². The molecule has 1 aromatic heterocycles. The van der Waals surface area contributed by atoms with Gasteiger partial charge < -0.3 is 15.7 Å². The summed E-state index contributed by atoms with van der Waals surface area (Å²) in [6.07, 6.45) is 3.39. The van der Waals surface area contributed by atoms with Gasteiger partial charge >= 0.3 is 6.03 Å². The first-order valence-electron chi connectivity index (χ1n) is 7.26. The number of pyridine rings is 1. The minimum atomic E-state index is -0.242. The molecule has 2 amide bonds.